The van der Waals surface area contributed by atoms with Crippen molar-refractivity contribution < 1.29 is 0 Å². The van der Waals surface area contributed by atoms with Gasteiger partial charge in [0.05, 0.1) is 0 Å². The Morgan fingerprint density at radius 2 is 2.00 bits per heavy atom. The van der Waals surface area contributed by atoms with Crippen LogP contribution in [-0.2, 0) is 0 Å². The Balaban J connectivity index is 3.17. The van der Waals surface area contributed by atoms with Gasteiger partial charge in [0.15, 0.2) is 0 Å². The van der Waals surface area contributed by atoms with Crippen molar-refractivity contribution in [3.05, 3.63) is 0 Å². The number of nitrogens with two attached hydrogens (primary N) is 1. The van der Waals surface area contributed by atoms with Crippen LogP contribution in [0.3, 0.4) is 0 Å². The van der Waals surface area contributed by atoms with Gasteiger partial charge in [0.1, 0.15) is 0 Å². The highest BCUT2D eigenvalue weighted by molar-refractivity contribution is 7.56. The molecule has 0 aliphatic carbocycles. The summed E-state index contributed by atoms with van der Waals surface area (Å²) in [6.07, 6.45) is 1.19. The zero-order valence-corrected chi connectivity index (χ0v) is 6.91. The van der Waals surface area contributed by atoms with Gasteiger partial charge in [-0.3, -0.25) is 0 Å². The minimum absolute atomic E-state index is 0.252. The van der Waals surface area contributed by atoms with Crippen LogP contribution in [-0.4, -0.2) is 25.5 Å². The standard InChI is InChI=1S/C6H16NP/c1-6(4-5-7)8(2)3/h6H,4-5,7H2,1-3H3. The summed E-state index contributed by atoms with van der Waals surface area (Å²) < 4.78 is 0. The summed E-state index contributed by atoms with van der Waals surface area (Å²) in [5, 5.41) is 0. The first-order valence-electron chi connectivity index (χ1n) is 3.05. The second-order valence-electron chi connectivity index (χ2n) is 2.39. The lowest BCUT2D eigenvalue weighted by Gasteiger charge is -2.13. The predicted octanol–water partition coefficient (Wildman–Crippen LogP) is 1.47. The fourth-order valence-electron chi connectivity index (χ4n) is 0.499. The van der Waals surface area contributed by atoms with E-state index in [-0.39, 0.29) is 7.92 Å². The molecule has 0 amide bonds. The van der Waals surface area contributed by atoms with Crippen molar-refractivity contribution in [3.63, 3.8) is 0 Å². The molecule has 0 saturated carbocycles. The normalized spacial score (nSPS) is 14.6. The van der Waals surface area contributed by atoms with Gasteiger partial charge < -0.3 is 5.73 Å². The van der Waals surface area contributed by atoms with Crippen molar-refractivity contribution in [1.82, 2.24) is 0 Å². The quantitative estimate of drug-likeness (QED) is 0.579. The molecule has 0 heterocycles. The lowest BCUT2D eigenvalue weighted by Crippen LogP contribution is -2.07. The first-order valence-corrected chi connectivity index (χ1v) is 5.35. The van der Waals surface area contributed by atoms with E-state index in [1.165, 1.54) is 6.42 Å². The number of hydrogen-bond acceptors (Lipinski definition) is 1. The van der Waals surface area contributed by atoms with Gasteiger partial charge in [-0.1, -0.05) is 6.92 Å². The van der Waals surface area contributed by atoms with Gasteiger partial charge in [0.25, 0.3) is 0 Å². The van der Waals surface area contributed by atoms with Gasteiger partial charge in [-0.15, -0.1) is 7.92 Å². The van der Waals surface area contributed by atoms with Crippen LogP contribution >= 0.6 is 7.92 Å². The molecule has 0 bridgehead atoms. The van der Waals surface area contributed by atoms with Gasteiger partial charge >= 0.3 is 0 Å². The third-order valence-corrected chi connectivity index (χ3v) is 3.49. The molecule has 0 saturated heterocycles. The summed E-state index contributed by atoms with van der Waals surface area (Å²) in [4.78, 5) is 0. The summed E-state index contributed by atoms with van der Waals surface area (Å²) in [5.74, 6) is 0. The molecule has 8 heavy (non-hydrogen) atoms. The lowest BCUT2D eigenvalue weighted by atomic mass is 10.3. The largest absolute Gasteiger partial charge is 0.330 e. The highest BCUT2D eigenvalue weighted by Crippen LogP contribution is 2.33. The molecule has 0 aliphatic rings. The van der Waals surface area contributed by atoms with E-state index >= 15 is 0 Å². The minimum atomic E-state index is 0.252. The second kappa shape index (κ2) is 4.29. The molecule has 0 aliphatic heterocycles. The Bertz CT molecular complexity index is 54.5. The van der Waals surface area contributed by atoms with E-state index in [1.807, 2.05) is 0 Å². The minimum Gasteiger partial charge on any atom is -0.330 e. The summed E-state index contributed by atoms with van der Waals surface area (Å²) in [5.41, 5.74) is 6.23. The predicted molar refractivity (Wildman–Crippen MR) is 41.9 cm³/mol. The molecule has 0 fully saturated rings. The molecule has 1 nitrogen and oxygen atoms in total. The molecule has 1 unspecified atom stereocenters. The van der Waals surface area contributed by atoms with E-state index in [9.17, 15) is 0 Å². The maximum Gasteiger partial charge on any atom is -0.00714 e. The molecular formula is C6H16NP. The first kappa shape index (κ1) is 8.39. The maximum atomic E-state index is 5.38. The fourth-order valence-corrected chi connectivity index (χ4v) is 1.16. The molecule has 2 heteroatoms. The van der Waals surface area contributed by atoms with Crippen molar-refractivity contribution in [1.29, 1.82) is 0 Å². The summed E-state index contributed by atoms with van der Waals surface area (Å²) in [7, 11) is 0.252. The summed E-state index contributed by atoms with van der Waals surface area (Å²) in [6, 6.07) is 0. The van der Waals surface area contributed by atoms with Crippen LogP contribution in [0.25, 0.3) is 0 Å². The van der Waals surface area contributed by atoms with E-state index in [4.69, 9.17) is 5.73 Å². The van der Waals surface area contributed by atoms with Crippen molar-refractivity contribution in [2.24, 2.45) is 5.73 Å². The molecule has 0 aromatic rings. The topological polar surface area (TPSA) is 26.0 Å². The van der Waals surface area contributed by atoms with Gasteiger partial charge in [0.2, 0.25) is 0 Å². The molecule has 0 aromatic carbocycles. The van der Waals surface area contributed by atoms with Gasteiger partial charge in [-0.2, -0.15) is 0 Å². The summed E-state index contributed by atoms with van der Waals surface area (Å²) in [6.45, 7) is 7.73. The molecule has 2 N–H and O–H groups in total. The Kier molecular flexibility index (Phi) is 4.50. The average Bonchev–Trinajstić information content (AvgIpc) is 1.67. The van der Waals surface area contributed by atoms with E-state index in [0.717, 1.165) is 12.2 Å². The second-order valence-corrected chi connectivity index (χ2v) is 5.20. The van der Waals surface area contributed by atoms with E-state index in [0.29, 0.717) is 0 Å². The Labute approximate surface area is 53.4 Å². The lowest BCUT2D eigenvalue weighted by molar-refractivity contribution is 0.815. The number of rotatable bonds is 3. The Morgan fingerprint density at radius 1 is 1.50 bits per heavy atom. The monoisotopic (exact) mass is 133 g/mol. The van der Waals surface area contributed by atoms with Crippen molar-refractivity contribution in [2.45, 2.75) is 19.0 Å². The SMILES string of the molecule is CC(CCN)P(C)C. The molecule has 0 aromatic heterocycles. The van der Waals surface area contributed by atoms with Crippen LogP contribution < -0.4 is 5.73 Å². The van der Waals surface area contributed by atoms with Crippen LogP contribution in [0.2, 0.25) is 0 Å². The molecule has 0 radical (unpaired) electrons. The molecule has 1 atom stereocenters. The van der Waals surface area contributed by atoms with Crippen LogP contribution in [0.15, 0.2) is 0 Å². The smallest absolute Gasteiger partial charge is 0.00714 e. The zero-order chi connectivity index (χ0) is 6.57. The first-order chi connectivity index (χ1) is 3.68. The molecule has 50 valence electrons. The van der Waals surface area contributed by atoms with Gasteiger partial charge in [0, 0.05) is 0 Å². The van der Waals surface area contributed by atoms with Crippen molar-refractivity contribution in [2.75, 3.05) is 19.9 Å². The fraction of sp³-hybridized carbons (Fsp3) is 1.00. The summed E-state index contributed by atoms with van der Waals surface area (Å²) >= 11 is 0. The Hall–Kier alpha value is 0.390. The Morgan fingerprint density at radius 3 is 2.12 bits per heavy atom. The van der Waals surface area contributed by atoms with Crippen LogP contribution in [0, 0.1) is 0 Å². The highest BCUT2D eigenvalue weighted by atomic mass is 31.1. The molecule has 0 spiro atoms. The zero-order valence-electron chi connectivity index (χ0n) is 6.02. The number of hydrogen-bond donors (Lipinski definition) is 1. The third-order valence-electron chi connectivity index (χ3n) is 1.47. The van der Waals surface area contributed by atoms with Gasteiger partial charge in [-0.05, 0) is 32.0 Å². The third kappa shape index (κ3) is 3.40. The van der Waals surface area contributed by atoms with Crippen LogP contribution in [0.4, 0.5) is 0 Å². The van der Waals surface area contributed by atoms with Crippen molar-refractivity contribution in [3.8, 4) is 0 Å². The maximum absolute atomic E-state index is 5.38. The average molecular weight is 133 g/mol. The van der Waals surface area contributed by atoms with E-state index in [2.05, 4.69) is 20.3 Å². The molecule has 0 rings (SSSR count). The van der Waals surface area contributed by atoms with Crippen LogP contribution in [0.1, 0.15) is 13.3 Å². The van der Waals surface area contributed by atoms with Crippen LogP contribution in [0.5, 0.6) is 0 Å². The van der Waals surface area contributed by atoms with E-state index in [1.54, 1.807) is 0 Å². The molecular weight excluding hydrogens is 117 g/mol. The van der Waals surface area contributed by atoms with E-state index < -0.39 is 0 Å². The highest BCUT2D eigenvalue weighted by Gasteiger charge is 2.02. The van der Waals surface area contributed by atoms with Crippen molar-refractivity contribution >= 4 is 7.92 Å². The van der Waals surface area contributed by atoms with Gasteiger partial charge in [-0.25, -0.2) is 0 Å².